The molecule has 0 aliphatic rings. The van der Waals surface area contributed by atoms with Crippen molar-refractivity contribution in [3.05, 3.63) is 127 Å². The van der Waals surface area contributed by atoms with Gasteiger partial charge in [0.25, 0.3) is 0 Å². The van der Waals surface area contributed by atoms with E-state index < -0.39 is 14.3 Å². The number of benzene rings is 5. The summed E-state index contributed by atoms with van der Waals surface area (Å²) in [5.74, 6) is 0. The Morgan fingerprint density at radius 2 is 0.641 bits per heavy atom. The summed E-state index contributed by atoms with van der Waals surface area (Å²) >= 11 is 0. The maximum atomic E-state index is 14.0. The lowest BCUT2D eigenvalue weighted by atomic mass is 10.3. The van der Waals surface area contributed by atoms with Crippen molar-refractivity contribution in [1.29, 1.82) is 0 Å². The normalized spacial score (nSPS) is 11.3. The molecular formula is C31H32N4O2P2. The lowest BCUT2D eigenvalue weighted by Crippen LogP contribution is -2.25. The van der Waals surface area contributed by atoms with Crippen molar-refractivity contribution in [1.82, 2.24) is 0 Å². The Balaban J connectivity index is 0.000000187. The Kier molecular flexibility index (Phi) is 8.30. The van der Waals surface area contributed by atoms with Gasteiger partial charge in [0.05, 0.1) is 0 Å². The van der Waals surface area contributed by atoms with Gasteiger partial charge in [-0.25, -0.2) is 0 Å². The van der Waals surface area contributed by atoms with Crippen LogP contribution in [0.3, 0.4) is 0 Å². The zero-order valence-electron chi connectivity index (χ0n) is 21.6. The van der Waals surface area contributed by atoms with E-state index >= 15 is 0 Å². The van der Waals surface area contributed by atoms with Gasteiger partial charge in [-0.3, -0.25) is 0 Å². The molecule has 0 saturated carbocycles. The molecule has 6 nitrogen and oxygen atoms in total. The first-order valence-corrected chi connectivity index (χ1v) is 16.1. The lowest BCUT2D eigenvalue weighted by molar-refractivity contribution is 0.590. The molecule has 0 unspecified atom stereocenters. The maximum Gasteiger partial charge on any atom is 0.171 e. The molecule has 5 aromatic carbocycles. The van der Waals surface area contributed by atoms with E-state index in [1.54, 1.807) is 55.2 Å². The zero-order chi connectivity index (χ0) is 28.0. The molecule has 0 radical (unpaired) electrons. The smallest absolute Gasteiger partial charge is 0.171 e. The van der Waals surface area contributed by atoms with E-state index in [4.69, 9.17) is 22.9 Å². The molecule has 5 aromatic rings. The van der Waals surface area contributed by atoms with Gasteiger partial charge in [0.15, 0.2) is 7.14 Å². The first-order chi connectivity index (χ1) is 18.6. The molecule has 0 saturated heterocycles. The van der Waals surface area contributed by atoms with Gasteiger partial charge in [-0.2, -0.15) is 0 Å². The molecule has 0 aliphatic heterocycles. The van der Waals surface area contributed by atoms with Gasteiger partial charge in [-0.05, 0) is 104 Å². The molecule has 39 heavy (non-hydrogen) atoms. The topological polar surface area (TPSA) is 138 Å². The molecule has 0 aromatic heterocycles. The summed E-state index contributed by atoms with van der Waals surface area (Å²) in [7, 11) is -5.48. The molecule has 0 atom stereocenters. The summed E-state index contributed by atoms with van der Waals surface area (Å²) in [5, 5.41) is 3.92. The van der Waals surface area contributed by atoms with E-state index in [1.165, 1.54) is 0 Å². The van der Waals surface area contributed by atoms with Crippen molar-refractivity contribution in [3.63, 3.8) is 0 Å². The third-order valence-corrected chi connectivity index (χ3v) is 12.0. The lowest BCUT2D eigenvalue weighted by Gasteiger charge is -2.20. The van der Waals surface area contributed by atoms with Crippen molar-refractivity contribution < 1.29 is 9.13 Å². The summed E-state index contributed by atoms with van der Waals surface area (Å²) in [6, 6.07) is 38.3. The van der Waals surface area contributed by atoms with Crippen LogP contribution in [0, 0.1) is 0 Å². The van der Waals surface area contributed by atoms with Gasteiger partial charge in [0.2, 0.25) is 0 Å². The highest BCUT2D eigenvalue weighted by Crippen LogP contribution is 2.42. The SMILES string of the molecule is CP(=O)(c1ccc(N)cc1)c1ccc(N)cc1.Nc1ccc(P(=O)(c2ccccc2)c2ccc(N)cc2)cc1. The number of nitrogen functional groups attached to an aromatic ring is 4. The van der Waals surface area contributed by atoms with E-state index in [0.717, 1.165) is 26.5 Å². The molecule has 0 amide bonds. The average Bonchev–Trinajstić information content (AvgIpc) is 2.95. The third-order valence-electron chi connectivity index (χ3n) is 6.40. The second-order valence-corrected chi connectivity index (χ2v) is 14.9. The van der Waals surface area contributed by atoms with Crippen LogP contribution in [0.15, 0.2) is 127 Å². The van der Waals surface area contributed by atoms with Gasteiger partial charge in [-0.15, -0.1) is 0 Å². The highest BCUT2D eigenvalue weighted by Gasteiger charge is 2.29. The van der Waals surface area contributed by atoms with Crippen molar-refractivity contribution in [2.45, 2.75) is 0 Å². The summed E-state index contributed by atoms with van der Waals surface area (Å²) in [6.07, 6.45) is 0. The number of hydrogen-bond donors (Lipinski definition) is 4. The van der Waals surface area contributed by atoms with Crippen LogP contribution in [0.2, 0.25) is 0 Å². The van der Waals surface area contributed by atoms with Crippen molar-refractivity contribution >= 4 is 63.6 Å². The number of rotatable bonds is 5. The molecule has 0 aliphatic carbocycles. The van der Waals surface area contributed by atoms with Gasteiger partial charge in [0.1, 0.15) is 7.14 Å². The van der Waals surface area contributed by atoms with E-state index in [1.807, 2.05) is 78.9 Å². The van der Waals surface area contributed by atoms with E-state index in [0.29, 0.717) is 22.7 Å². The fourth-order valence-corrected chi connectivity index (χ4v) is 8.48. The van der Waals surface area contributed by atoms with Gasteiger partial charge >= 0.3 is 0 Å². The average molecular weight is 555 g/mol. The molecule has 0 spiro atoms. The van der Waals surface area contributed by atoms with E-state index in [9.17, 15) is 9.13 Å². The molecular weight excluding hydrogens is 522 g/mol. The minimum absolute atomic E-state index is 0.653. The largest absolute Gasteiger partial charge is 0.399 e. The molecule has 0 fully saturated rings. The van der Waals surface area contributed by atoms with Crippen molar-refractivity contribution in [2.75, 3.05) is 29.6 Å². The summed E-state index contributed by atoms with van der Waals surface area (Å²) in [5.41, 5.74) is 25.4. The summed E-state index contributed by atoms with van der Waals surface area (Å²) in [6.45, 7) is 1.75. The molecule has 198 valence electrons. The third kappa shape index (κ3) is 6.26. The highest BCUT2D eigenvalue weighted by atomic mass is 31.2. The van der Waals surface area contributed by atoms with Gasteiger partial charge in [0, 0.05) is 49.3 Å². The second-order valence-electron chi connectivity index (χ2n) is 9.24. The standard InChI is InChI=1S/C18H17N2OP.C13H15N2OP/c19-14-6-10-17(11-7-14)22(21,16-4-2-1-3-5-16)18-12-8-15(20)9-13-18;1-17(16,12-6-2-10(14)3-7-12)13-8-4-11(15)5-9-13/h1-13H,19-20H2;2-9H,14-15H2,1H3. The van der Waals surface area contributed by atoms with Crippen LogP contribution in [-0.4, -0.2) is 6.66 Å². The zero-order valence-corrected chi connectivity index (χ0v) is 23.4. The van der Waals surface area contributed by atoms with Crippen LogP contribution >= 0.6 is 14.3 Å². The van der Waals surface area contributed by atoms with Crippen molar-refractivity contribution in [2.24, 2.45) is 0 Å². The van der Waals surface area contributed by atoms with Crippen LogP contribution in [0.25, 0.3) is 0 Å². The quantitative estimate of drug-likeness (QED) is 0.189. The Hall–Kier alpha value is -4.24. The predicted molar refractivity (Wildman–Crippen MR) is 169 cm³/mol. The van der Waals surface area contributed by atoms with Gasteiger partial charge < -0.3 is 32.1 Å². The Bertz CT molecular complexity index is 1520. The number of nitrogens with two attached hydrogens (primary N) is 4. The Labute approximate surface area is 229 Å². The van der Waals surface area contributed by atoms with Crippen LogP contribution in [0.4, 0.5) is 22.7 Å². The molecule has 8 N–H and O–H groups in total. The minimum atomic E-state index is -2.93. The van der Waals surface area contributed by atoms with E-state index in [2.05, 4.69) is 0 Å². The summed E-state index contributed by atoms with van der Waals surface area (Å²) < 4.78 is 26.7. The number of anilines is 4. The maximum absolute atomic E-state index is 14.0. The minimum Gasteiger partial charge on any atom is -0.399 e. The molecule has 0 heterocycles. The van der Waals surface area contributed by atoms with Crippen molar-refractivity contribution in [3.8, 4) is 0 Å². The van der Waals surface area contributed by atoms with E-state index in [-0.39, 0.29) is 0 Å². The fourth-order valence-electron chi connectivity index (χ4n) is 4.12. The second kappa shape index (κ2) is 11.7. The molecule has 8 heteroatoms. The van der Waals surface area contributed by atoms with Gasteiger partial charge in [-0.1, -0.05) is 30.3 Å². The monoisotopic (exact) mass is 554 g/mol. The van der Waals surface area contributed by atoms with Crippen LogP contribution in [0.1, 0.15) is 0 Å². The van der Waals surface area contributed by atoms with Crippen LogP contribution in [0.5, 0.6) is 0 Å². The molecule has 0 bridgehead atoms. The molecule has 5 rings (SSSR count). The fraction of sp³-hybridized carbons (Fsp3) is 0.0323. The Morgan fingerprint density at radius 1 is 0.385 bits per heavy atom. The Morgan fingerprint density at radius 3 is 0.949 bits per heavy atom. The number of hydrogen-bond acceptors (Lipinski definition) is 6. The summed E-state index contributed by atoms with van der Waals surface area (Å²) in [4.78, 5) is 0. The first-order valence-electron chi connectivity index (χ1n) is 12.3. The first kappa shape index (κ1) is 27.8. The highest BCUT2D eigenvalue weighted by molar-refractivity contribution is 7.85. The predicted octanol–water partition coefficient (Wildman–Crippen LogP) is 4.29. The van der Waals surface area contributed by atoms with Crippen LogP contribution in [-0.2, 0) is 9.13 Å². The van der Waals surface area contributed by atoms with Crippen LogP contribution < -0.4 is 49.5 Å².